The summed E-state index contributed by atoms with van der Waals surface area (Å²) in [4.78, 5) is 39.6. The van der Waals surface area contributed by atoms with Crippen molar-refractivity contribution in [1.82, 2.24) is 29.1 Å². The first-order valence-corrected chi connectivity index (χ1v) is 22.0. The second kappa shape index (κ2) is 16.8. The van der Waals surface area contributed by atoms with Gasteiger partial charge in [0.2, 0.25) is 0 Å². The Hall–Kier alpha value is -3.08. The fraction of sp³-hybridized carbons (Fsp3) is 0.517. The summed E-state index contributed by atoms with van der Waals surface area (Å²) in [5, 5.41) is 15.2. The van der Waals surface area contributed by atoms with Gasteiger partial charge in [-0.05, 0) is 32.8 Å². The number of hydrogen-bond acceptors (Lipinski definition) is 10. The van der Waals surface area contributed by atoms with Gasteiger partial charge in [-0.25, -0.2) is 19.9 Å². The van der Waals surface area contributed by atoms with Crippen LogP contribution in [0.25, 0.3) is 22.3 Å². The molecule has 0 saturated heterocycles. The van der Waals surface area contributed by atoms with Crippen LogP contribution < -0.4 is 0 Å². The molecule has 0 atom stereocenters. The third-order valence-corrected chi connectivity index (χ3v) is 9.54. The van der Waals surface area contributed by atoms with Crippen molar-refractivity contribution in [1.29, 1.82) is 0 Å². The summed E-state index contributed by atoms with van der Waals surface area (Å²) >= 11 is 0. The Morgan fingerprint density at radius 1 is 0.750 bits per heavy atom. The van der Waals surface area contributed by atoms with Crippen molar-refractivity contribution >= 4 is 58.2 Å². The number of rotatable bonds is 12. The highest BCUT2D eigenvalue weighted by Crippen LogP contribution is 2.18. The molecule has 4 aromatic rings. The molecule has 0 saturated carbocycles. The third-order valence-electron chi connectivity index (χ3n) is 6.14. The summed E-state index contributed by atoms with van der Waals surface area (Å²) in [7, 11) is -3.32. The van der Waals surface area contributed by atoms with Gasteiger partial charge in [0.05, 0.1) is 34.9 Å². The molecule has 0 amide bonds. The predicted octanol–water partition coefficient (Wildman–Crippen LogP) is 4.82. The van der Waals surface area contributed by atoms with Crippen molar-refractivity contribution in [2.24, 2.45) is 0 Å². The number of aldehydes is 2. The summed E-state index contributed by atoms with van der Waals surface area (Å²) in [5.74, 6) is 0. The van der Waals surface area contributed by atoms with E-state index in [0.29, 0.717) is 46.9 Å². The molecule has 2 N–H and O–H groups in total. The minimum atomic E-state index is -1.17. The largest absolute Gasteiger partial charge is 0.448 e. The van der Waals surface area contributed by atoms with Gasteiger partial charge in [0, 0.05) is 41.8 Å². The van der Waals surface area contributed by atoms with E-state index in [4.69, 9.17) is 19.5 Å². The molecule has 240 valence electrons. The van der Waals surface area contributed by atoms with Gasteiger partial charge in [0.25, 0.3) is 0 Å². The number of fused-ring (bicyclic) bond motifs is 2. The number of carbonyl (C=O) groups excluding carboxylic acids is 2. The van der Waals surface area contributed by atoms with E-state index in [1.807, 2.05) is 23.0 Å². The van der Waals surface area contributed by atoms with E-state index in [2.05, 4.69) is 59.2 Å². The first-order valence-electron chi connectivity index (χ1n) is 14.6. The average molecular weight is 643 g/mol. The van der Waals surface area contributed by atoms with Gasteiger partial charge in [0.15, 0.2) is 23.9 Å². The van der Waals surface area contributed by atoms with Crippen LogP contribution in [0.1, 0.15) is 32.1 Å². The number of carbonyl (C=O) groups is 2. The maximum Gasteiger partial charge on any atom is 0.448 e. The molecule has 0 radical (unpaired) electrons. The van der Waals surface area contributed by atoms with Crippen molar-refractivity contribution in [3.63, 3.8) is 0 Å². The molecular weight excluding hydrogens is 595 g/mol. The number of aromatic nitrogens is 6. The summed E-state index contributed by atoms with van der Waals surface area (Å²) in [6.45, 7) is 21.2. The topological polar surface area (TPSA) is 154 Å². The average Bonchev–Trinajstić information content (AvgIpc) is 3.44. The van der Waals surface area contributed by atoms with Crippen molar-refractivity contribution in [2.75, 3.05) is 13.2 Å². The standard InChI is InChI=1S/2C14H21N3O2Si.CH5BO2/c2*1-11-7-15-14-13(16-11)12(9-18)8-17(14)10-19-5-6-20(2,3)4;1-2(3)4/h2*7-9H,5-6,10H2,1-4H3;3-4H,1H3. The molecule has 12 nitrogen and oxygen atoms in total. The molecule has 0 bridgehead atoms. The van der Waals surface area contributed by atoms with Crippen molar-refractivity contribution in [2.45, 2.75) is 85.5 Å². The monoisotopic (exact) mass is 642 g/mol. The highest BCUT2D eigenvalue weighted by Gasteiger charge is 2.15. The van der Waals surface area contributed by atoms with E-state index >= 15 is 0 Å². The second-order valence-electron chi connectivity index (χ2n) is 13.0. The van der Waals surface area contributed by atoms with Crippen molar-refractivity contribution in [3.05, 3.63) is 47.3 Å². The minimum Gasteiger partial charge on any atom is -0.427 e. The van der Waals surface area contributed by atoms with Gasteiger partial charge in [-0.3, -0.25) is 9.59 Å². The molecule has 4 aromatic heterocycles. The number of nitrogens with zero attached hydrogens (tertiary/aromatic N) is 6. The molecule has 0 aliphatic carbocycles. The maximum atomic E-state index is 11.1. The van der Waals surface area contributed by atoms with Crippen molar-refractivity contribution in [3.8, 4) is 0 Å². The Kier molecular flexibility index (Phi) is 14.2. The van der Waals surface area contributed by atoms with Crippen molar-refractivity contribution < 1.29 is 29.1 Å². The van der Waals surface area contributed by atoms with E-state index < -0.39 is 23.3 Å². The Morgan fingerprint density at radius 2 is 1.09 bits per heavy atom. The van der Waals surface area contributed by atoms with Crippen LogP contribution in [0.3, 0.4) is 0 Å². The molecule has 0 aliphatic rings. The van der Waals surface area contributed by atoms with Gasteiger partial charge >= 0.3 is 7.12 Å². The molecule has 44 heavy (non-hydrogen) atoms. The van der Waals surface area contributed by atoms with Crippen LogP contribution in [0.5, 0.6) is 0 Å². The van der Waals surface area contributed by atoms with Crippen LogP contribution in [-0.2, 0) is 22.9 Å². The van der Waals surface area contributed by atoms with E-state index in [0.717, 1.165) is 49.3 Å². The summed E-state index contributed by atoms with van der Waals surface area (Å²) in [6.07, 6.45) is 8.55. The molecule has 0 spiro atoms. The Morgan fingerprint density at radius 3 is 1.39 bits per heavy atom. The first kappa shape index (κ1) is 37.1. The predicted molar refractivity (Wildman–Crippen MR) is 180 cm³/mol. The van der Waals surface area contributed by atoms with E-state index in [1.165, 1.54) is 6.82 Å². The zero-order valence-electron chi connectivity index (χ0n) is 27.5. The van der Waals surface area contributed by atoms with E-state index in [-0.39, 0.29) is 0 Å². The number of ether oxygens (including phenoxy) is 2. The zero-order valence-corrected chi connectivity index (χ0v) is 29.5. The normalized spacial score (nSPS) is 11.5. The third kappa shape index (κ3) is 12.5. The fourth-order valence-corrected chi connectivity index (χ4v) is 5.30. The lowest BCUT2D eigenvalue weighted by atomic mass is 9.99. The van der Waals surface area contributed by atoms with Gasteiger partial charge in [0.1, 0.15) is 24.5 Å². The Labute approximate surface area is 262 Å². The zero-order chi connectivity index (χ0) is 33.1. The fourth-order valence-electron chi connectivity index (χ4n) is 3.78. The van der Waals surface area contributed by atoms with Crippen LogP contribution in [0, 0.1) is 13.8 Å². The lowest BCUT2D eigenvalue weighted by Crippen LogP contribution is -2.22. The summed E-state index contributed by atoms with van der Waals surface area (Å²) in [5.41, 5.74) is 5.42. The lowest BCUT2D eigenvalue weighted by molar-refractivity contribution is 0.0895. The molecular formula is C29H47BN6O6Si2. The van der Waals surface area contributed by atoms with Crippen LogP contribution in [0.15, 0.2) is 24.8 Å². The van der Waals surface area contributed by atoms with Gasteiger partial charge < -0.3 is 28.7 Å². The summed E-state index contributed by atoms with van der Waals surface area (Å²) < 4.78 is 15.1. The SMILES string of the molecule is CB(O)O.Cc1cnc2c(n1)c(C=O)cn2COCC[Si](C)(C)C.Cc1cnc2c(n1)c(C=O)cn2COCC[Si](C)(C)C. The highest BCUT2D eigenvalue weighted by atomic mass is 28.3. The molecule has 4 rings (SSSR count). The Balaban J connectivity index is 0.000000274. The molecule has 4 heterocycles. The molecule has 0 unspecified atom stereocenters. The smallest absolute Gasteiger partial charge is 0.427 e. The molecule has 0 aromatic carbocycles. The quantitative estimate of drug-likeness (QED) is 0.125. The van der Waals surface area contributed by atoms with Crippen LogP contribution in [0.4, 0.5) is 0 Å². The van der Waals surface area contributed by atoms with Crippen LogP contribution in [-0.4, -0.2) is 88.2 Å². The second-order valence-corrected chi connectivity index (χ2v) is 24.3. The van der Waals surface area contributed by atoms with Crippen LogP contribution >= 0.6 is 0 Å². The van der Waals surface area contributed by atoms with Crippen LogP contribution in [0.2, 0.25) is 58.2 Å². The lowest BCUT2D eigenvalue weighted by Gasteiger charge is -2.15. The van der Waals surface area contributed by atoms with E-state index in [1.54, 1.807) is 24.8 Å². The maximum absolute atomic E-state index is 11.1. The van der Waals surface area contributed by atoms with Gasteiger partial charge in [-0.15, -0.1) is 0 Å². The Bertz CT molecular complexity index is 1400. The highest BCUT2D eigenvalue weighted by molar-refractivity contribution is 6.76. The molecule has 15 heteroatoms. The summed E-state index contributed by atoms with van der Waals surface area (Å²) in [6, 6.07) is 2.25. The van der Waals surface area contributed by atoms with Gasteiger partial charge in [-0.2, -0.15) is 0 Å². The van der Waals surface area contributed by atoms with E-state index in [9.17, 15) is 9.59 Å². The van der Waals surface area contributed by atoms with Gasteiger partial charge in [-0.1, -0.05) is 39.3 Å². The molecule has 0 aliphatic heterocycles. The number of aryl methyl sites for hydroxylation is 2. The molecule has 0 fully saturated rings. The number of hydrogen-bond donors (Lipinski definition) is 2. The minimum absolute atomic E-state index is 0.409. The first-order chi connectivity index (χ1) is 20.5.